The summed E-state index contributed by atoms with van der Waals surface area (Å²) in [4.78, 5) is 28.2. The number of nitrogens with zero attached hydrogens (tertiary/aromatic N) is 2. The van der Waals surface area contributed by atoms with Gasteiger partial charge in [0.25, 0.3) is 0 Å². The number of carbonyl (C=O) groups is 2. The Morgan fingerprint density at radius 3 is 2.29 bits per heavy atom. The van der Waals surface area contributed by atoms with Crippen LogP contribution in [0.2, 0.25) is 0 Å². The van der Waals surface area contributed by atoms with Crippen molar-refractivity contribution in [2.24, 2.45) is 5.92 Å². The Kier molecular flexibility index (Phi) is 10.1. The van der Waals surface area contributed by atoms with Crippen LogP contribution in [-0.2, 0) is 26.2 Å². The number of hydrogen-bond acceptors (Lipinski definition) is 5. The second-order valence-electron chi connectivity index (χ2n) is 9.04. The van der Waals surface area contributed by atoms with Gasteiger partial charge in [-0.3, -0.25) is 13.9 Å². The van der Waals surface area contributed by atoms with Crippen molar-refractivity contribution in [3.05, 3.63) is 59.7 Å². The summed E-state index contributed by atoms with van der Waals surface area (Å²) >= 11 is 0. The molecule has 35 heavy (non-hydrogen) atoms. The molecule has 1 atom stereocenters. The molecule has 0 aliphatic carbocycles. The summed E-state index contributed by atoms with van der Waals surface area (Å²) in [6.07, 6.45) is 1.45. The number of aryl methyl sites for hydroxylation is 1. The lowest BCUT2D eigenvalue weighted by Gasteiger charge is -2.33. The van der Waals surface area contributed by atoms with Crippen LogP contribution in [0, 0.1) is 12.8 Å². The lowest BCUT2D eigenvalue weighted by molar-refractivity contribution is -0.140. The predicted molar refractivity (Wildman–Crippen MR) is 139 cm³/mol. The van der Waals surface area contributed by atoms with Crippen molar-refractivity contribution in [1.82, 2.24) is 10.2 Å². The molecule has 2 rings (SSSR count). The average Bonchev–Trinajstić information content (AvgIpc) is 2.81. The van der Waals surface area contributed by atoms with Crippen LogP contribution in [-0.4, -0.2) is 57.6 Å². The monoisotopic (exact) mass is 503 g/mol. The zero-order chi connectivity index (χ0) is 26.2. The second-order valence-corrected chi connectivity index (χ2v) is 10.9. The van der Waals surface area contributed by atoms with Crippen LogP contribution >= 0.6 is 0 Å². The van der Waals surface area contributed by atoms with E-state index in [9.17, 15) is 18.0 Å². The number of nitrogens with one attached hydrogen (secondary N) is 1. The van der Waals surface area contributed by atoms with Crippen LogP contribution in [0.3, 0.4) is 0 Å². The molecule has 9 heteroatoms. The fraction of sp³-hybridized carbons (Fsp3) is 0.462. The normalized spacial score (nSPS) is 12.2. The van der Waals surface area contributed by atoms with E-state index in [1.54, 1.807) is 43.5 Å². The van der Waals surface area contributed by atoms with E-state index in [0.717, 1.165) is 21.7 Å². The first-order valence-corrected chi connectivity index (χ1v) is 13.6. The Bertz CT molecular complexity index is 1100. The summed E-state index contributed by atoms with van der Waals surface area (Å²) in [6.45, 7) is 7.92. The number of methoxy groups -OCH3 is 1. The van der Waals surface area contributed by atoms with Crippen molar-refractivity contribution < 1.29 is 22.7 Å². The molecule has 192 valence electrons. The number of carbonyl (C=O) groups excluding carboxylic acids is 2. The zero-order valence-electron chi connectivity index (χ0n) is 21.4. The van der Waals surface area contributed by atoms with Crippen LogP contribution in [0.15, 0.2) is 48.5 Å². The van der Waals surface area contributed by atoms with Gasteiger partial charge in [0.1, 0.15) is 18.3 Å². The molecule has 8 nitrogen and oxygen atoms in total. The molecule has 1 N–H and O–H groups in total. The first kappa shape index (κ1) is 28.2. The van der Waals surface area contributed by atoms with Gasteiger partial charge in [0.15, 0.2) is 0 Å². The molecular formula is C26H37N3O5S. The first-order chi connectivity index (χ1) is 16.5. The molecule has 0 bridgehead atoms. The topological polar surface area (TPSA) is 96.0 Å². The fourth-order valence-electron chi connectivity index (χ4n) is 3.63. The highest BCUT2D eigenvalue weighted by Gasteiger charge is 2.31. The van der Waals surface area contributed by atoms with Gasteiger partial charge in [0.2, 0.25) is 21.8 Å². The summed E-state index contributed by atoms with van der Waals surface area (Å²) in [5.41, 5.74) is 2.14. The van der Waals surface area contributed by atoms with E-state index in [2.05, 4.69) is 5.32 Å². The van der Waals surface area contributed by atoms with Crippen LogP contribution in [0.5, 0.6) is 5.75 Å². The Morgan fingerprint density at radius 1 is 1.09 bits per heavy atom. The van der Waals surface area contributed by atoms with E-state index >= 15 is 0 Å². The lowest BCUT2D eigenvalue weighted by Crippen LogP contribution is -2.52. The SMILES string of the molecule is CC[C@H](C(=O)NCC(C)C)N(Cc1cccc(OC)c1)C(=O)CN(c1ccc(C)cc1)S(C)(=O)=O. The molecule has 2 amide bonds. The van der Waals surface area contributed by atoms with Crippen LogP contribution < -0.4 is 14.4 Å². The molecule has 0 fully saturated rings. The minimum Gasteiger partial charge on any atom is -0.497 e. The van der Waals surface area contributed by atoms with Crippen molar-refractivity contribution >= 4 is 27.5 Å². The zero-order valence-corrected chi connectivity index (χ0v) is 22.3. The van der Waals surface area contributed by atoms with Crippen molar-refractivity contribution in [3.8, 4) is 5.75 Å². The largest absolute Gasteiger partial charge is 0.497 e. The lowest BCUT2D eigenvalue weighted by atomic mass is 10.1. The van der Waals surface area contributed by atoms with Gasteiger partial charge in [-0.25, -0.2) is 8.42 Å². The summed E-state index contributed by atoms with van der Waals surface area (Å²) in [7, 11) is -2.19. The number of rotatable bonds is 12. The molecule has 0 aliphatic heterocycles. The third-order valence-electron chi connectivity index (χ3n) is 5.56. The van der Waals surface area contributed by atoms with Crippen LogP contribution in [0.4, 0.5) is 5.69 Å². The minimum absolute atomic E-state index is 0.134. The van der Waals surface area contributed by atoms with Crippen molar-refractivity contribution in [3.63, 3.8) is 0 Å². The highest BCUT2D eigenvalue weighted by Crippen LogP contribution is 2.21. The third-order valence-corrected chi connectivity index (χ3v) is 6.70. The van der Waals surface area contributed by atoms with Gasteiger partial charge >= 0.3 is 0 Å². The maximum Gasteiger partial charge on any atom is 0.244 e. The molecule has 0 radical (unpaired) electrons. The molecule has 2 aromatic carbocycles. The minimum atomic E-state index is -3.75. The fourth-order valence-corrected chi connectivity index (χ4v) is 4.48. The van der Waals surface area contributed by atoms with Gasteiger partial charge in [-0.2, -0.15) is 0 Å². The van der Waals surface area contributed by atoms with E-state index in [4.69, 9.17) is 4.74 Å². The number of hydrogen-bond donors (Lipinski definition) is 1. The molecule has 2 aromatic rings. The molecule has 0 aromatic heterocycles. The van der Waals surface area contributed by atoms with E-state index in [1.807, 2.05) is 39.8 Å². The molecule has 0 aliphatic rings. The molecule has 0 saturated heterocycles. The van der Waals surface area contributed by atoms with Crippen molar-refractivity contribution in [2.75, 3.05) is 30.8 Å². The van der Waals surface area contributed by atoms with Crippen molar-refractivity contribution in [1.29, 1.82) is 0 Å². The highest BCUT2D eigenvalue weighted by molar-refractivity contribution is 7.92. The molecule has 0 heterocycles. The average molecular weight is 504 g/mol. The number of amides is 2. The summed E-state index contributed by atoms with van der Waals surface area (Å²) < 4.78 is 31.6. The maximum absolute atomic E-state index is 13.7. The first-order valence-electron chi connectivity index (χ1n) is 11.7. The summed E-state index contributed by atoms with van der Waals surface area (Å²) in [6, 6.07) is 13.4. The Balaban J connectivity index is 2.42. The van der Waals surface area contributed by atoms with Gasteiger partial charge in [0, 0.05) is 13.1 Å². The van der Waals surface area contributed by atoms with Crippen LogP contribution in [0.1, 0.15) is 38.3 Å². The Morgan fingerprint density at radius 2 is 1.74 bits per heavy atom. The van der Waals surface area contributed by atoms with E-state index in [1.165, 1.54) is 4.90 Å². The van der Waals surface area contributed by atoms with Gasteiger partial charge in [-0.1, -0.05) is 50.6 Å². The highest BCUT2D eigenvalue weighted by atomic mass is 32.2. The molecule has 0 spiro atoms. The predicted octanol–water partition coefficient (Wildman–Crippen LogP) is 3.35. The maximum atomic E-state index is 13.7. The van der Waals surface area contributed by atoms with Crippen molar-refractivity contribution in [2.45, 2.75) is 46.7 Å². The standard InChI is InChI=1S/C26H37N3O5S/c1-7-24(26(31)27-16-19(2)3)28(17-21-9-8-10-23(15-21)34-5)25(30)18-29(35(6,32)33)22-13-11-20(4)12-14-22/h8-15,19,24H,7,16-18H2,1-6H3,(H,27,31)/t24-/m1/s1. The van der Waals surface area contributed by atoms with Crippen LogP contribution in [0.25, 0.3) is 0 Å². The smallest absolute Gasteiger partial charge is 0.244 e. The third kappa shape index (κ3) is 8.28. The Labute approximate surface area is 209 Å². The quantitative estimate of drug-likeness (QED) is 0.479. The molecular weight excluding hydrogens is 466 g/mol. The molecule has 0 saturated carbocycles. The second kappa shape index (κ2) is 12.6. The van der Waals surface area contributed by atoms with Gasteiger partial charge in [0.05, 0.1) is 19.1 Å². The Hall–Kier alpha value is -3.07. The molecule has 0 unspecified atom stereocenters. The van der Waals surface area contributed by atoms with Gasteiger partial charge in [-0.05, 0) is 49.1 Å². The van der Waals surface area contributed by atoms with E-state index in [-0.39, 0.29) is 18.4 Å². The van der Waals surface area contributed by atoms with E-state index in [0.29, 0.717) is 24.4 Å². The van der Waals surface area contributed by atoms with Gasteiger partial charge in [-0.15, -0.1) is 0 Å². The van der Waals surface area contributed by atoms with E-state index < -0.39 is 28.5 Å². The summed E-state index contributed by atoms with van der Waals surface area (Å²) in [5.74, 6) is 0.148. The number of sulfonamides is 1. The van der Waals surface area contributed by atoms with Gasteiger partial charge < -0.3 is 15.0 Å². The number of ether oxygens (including phenoxy) is 1. The summed E-state index contributed by atoms with van der Waals surface area (Å²) in [5, 5.41) is 2.91. The number of benzene rings is 2. The number of anilines is 1.